The van der Waals surface area contributed by atoms with Crippen molar-refractivity contribution in [1.82, 2.24) is 44.8 Å². The average Bonchev–Trinajstić information content (AvgIpc) is 1.51. The summed E-state index contributed by atoms with van der Waals surface area (Å²) in [5.41, 5.74) is 13.7. The van der Waals surface area contributed by atoms with Crippen molar-refractivity contribution in [2.45, 2.75) is 178 Å². The summed E-state index contributed by atoms with van der Waals surface area (Å²) in [6, 6.07) is 9.05. The lowest BCUT2D eigenvalue weighted by Crippen LogP contribution is -2.46. The minimum atomic E-state index is -4.68. The molecule has 6 aliphatic heterocycles. The van der Waals surface area contributed by atoms with Crippen LogP contribution in [0.5, 0.6) is 11.5 Å². The van der Waals surface area contributed by atoms with Gasteiger partial charge >= 0.3 is 18.2 Å². The summed E-state index contributed by atoms with van der Waals surface area (Å²) in [6.07, 6.45) is 7.59. The first kappa shape index (κ1) is 75.5. The highest BCUT2D eigenvalue weighted by Gasteiger charge is 2.47. The molecule has 548 valence electrons. The topological polar surface area (TPSA) is 381 Å². The van der Waals surface area contributed by atoms with E-state index in [-0.39, 0.29) is 36.6 Å². The lowest BCUT2D eigenvalue weighted by Gasteiger charge is -2.39. The van der Waals surface area contributed by atoms with E-state index < -0.39 is 86.1 Å². The summed E-state index contributed by atoms with van der Waals surface area (Å²) in [4.78, 5) is 52.6. The number of aliphatic hydroxyl groups is 1. The van der Waals surface area contributed by atoms with Gasteiger partial charge in [-0.25, -0.2) is 55.5 Å². The molecule has 8 heterocycles. The number of nitrogens with one attached hydrogen (secondary N) is 4. The lowest BCUT2D eigenvalue weighted by atomic mass is 9.82. The van der Waals surface area contributed by atoms with Crippen molar-refractivity contribution in [1.29, 1.82) is 0 Å². The van der Waals surface area contributed by atoms with Crippen molar-refractivity contribution < 1.29 is 83.9 Å². The number of amides is 2. The van der Waals surface area contributed by atoms with E-state index in [1.54, 1.807) is 58.2 Å². The number of benzene rings is 3. The Bertz CT molecular complexity index is 4100. The molecule has 1 saturated heterocycles. The summed E-state index contributed by atoms with van der Waals surface area (Å²) in [5.74, 6) is 0.574. The molecule has 0 bridgehead atoms. The quantitative estimate of drug-likeness (QED) is 0.0190. The van der Waals surface area contributed by atoms with Crippen LogP contribution >= 0.6 is 0 Å². The van der Waals surface area contributed by atoms with E-state index in [1.807, 2.05) is 6.07 Å². The van der Waals surface area contributed by atoms with E-state index in [1.165, 1.54) is 52.0 Å². The summed E-state index contributed by atoms with van der Waals surface area (Å²) >= 11 is 0. The van der Waals surface area contributed by atoms with Gasteiger partial charge in [0, 0.05) is 97.0 Å². The molecule has 8 N–H and O–H groups in total. The Balaban J connectivity index is 0.000000239. The van der Waals surface area contributed by atoms with Crippen molar-refractivity contribution in [3.8, 4) is 11.5 Å². The molecule has 29 nitrogen and oxygen atoms in total. The molecular formula is C69H97N11O18S2. The van der Waals surface area contributed by atoms with Gasteiger partial charge in [-0.05, 0) is 142 Å². The molecular weight excluding hydrogens is 1330 g/mol. The fraction of sp³-hybridized carbons (Fsp3) is 0.609. The predicted octanol–water partition coefficient (Wildman–Crippen LogP) is 4.09. The Morgan fingerprint density at radius 1 is 0.770 bits per heavy atom. The molecule has 3 aromatic carbocycles. The second-order valence-corrected chi connectivity index (χ2v) is 31.1. The number of sulfonamides is 1. The van der Waals surface area contributed by atoms with Crippen molar-refractivity contribution >= 4 is 66.5 Å². The van der Waals surface area contributed by atoms with Crippen molar-refractivity contribution in [2.75, 3.05) is 109 Å². The number of nitrogen functional groups attached to an aromatic ring is 1. The number of nitrogens with two attached hydrogens (primary N) is 1. The van der Waals surface area contributed by atoms with Crippen molar-refractivity contribution in [3.05, 3.63) is 93.0 Å². The number of carboxylic acid groups (broad SMARTS) is 1. The van der Waals surface area contributed by atoms with Crippen LogP contribution in [0.4, 0.5) is 21.1 Å². The van der Waals surface area contributed by atoms with E-state index in [0.717, 1.165) is 112 Å². The molecule has 11 rings (SSSR count). The number of rotatable bonds is 30. The highest BCUT2D eigenvalue weighted by Crippen LogP contribution is 2.49. The van der Waals surface area contributed by atoms with Gasteiger partial charge < -0.3 is 79.2 Å². The molecule has 0 saturated carbocycles. The number of aliphatic carboxylic acids is 1. The number of aromatic nitrogens is 4. The molecule has 6 aliphatic rings. The maximum Gasteiger partial charge on any atom is 0.408 e. The molecule has 2 aromatic heterocycles. The number of carbonyl (C=O) groups is 3. The van der Waals surface area contributed by atoms with Crippen LogP contribution in [0.2, 0.25) is 0 Å². The molecule has 1 fully saturated rings. The number of carboxylic acids is 1. The van der Waals surface area contributed by atoms with Crippen LogP contribution in [0.1, 0.15) is 139 Å². The van der Waals surface area contributed by atoms with Gasteiger partial charge in [0.2, 0.25) is 15.4 Å². The summed E-state index contributed by atoms with van der Waals surface area (Å²) < 4.78 is 113. The smallest absolute Gasteiger partial charge is 0.408 e. The van der Waals surface area contributed by atoms with Gasteiger partial charge in [0.1, 0.15) is 76.0 Å². The maximum atomic E-state index is 13.0. The van der Waals surface area contributed by atoms with Gasteiger partial charge in [0.25, 0.3) is 0 Å². The Hall–Kier alpha value is -7.17. The van der Waals surface area contributed by atoms with Gasteiger partial charge in [0.05, 0.1) is 62.2 Å². The molecule has 100 heavy (non-hydrogen) atoms. The number of fused-ring (bicyclic) bond motifs is 5. The number of anilines is 2. The number of aliphatic hydroxyl groups excluding tert-OH is 1. The number of carbonyl (C=O) groups excluding carboxylic acids is 2. The first-order valence-corrected chi connectivity index (χ1v) is 37.9. The zero-order valence-electron chi connectivity index (χ0n) is 58.2. The number of hydrogen-bond acceptors (Lipinski definition) is 23. The van der Waals surface area contributed by atoms with Gasteiger partial charge in [-0.15, -0.1) is 0 Å². The third-order valence-corrected chi connectivity index (χ3v) is 19.5. The van der Waals surface area contributed by atoms with E-state index in [4.69, 9.17) is 43.6 Å². The van der Waals surface area contributed by atoms with Gasteiger partial charge in [-0.2, -0.15) is 0 Å². The SMILES string of the molecule is CC(C)(C)OC(=O)N[C@@H](CC[C@H](NC(=O)OC(C)(C)C)C(=O)O)C[C@H]1O[C@@H](n2cnc3c(N)ncnc32)[C@H](OCCNCCCOCCOCCOCCCNS(C)(=O)=O)[C@@H]1O.O=S(=O)([O-])c1ccccc1C1=c2cc3c4c(c2Oc2c1cc1c5c2CCCN5CCC1)CCC[N+]=4CCC3. The lowest BCUT2D eigenvalue weighted by molar-refractivity contribution is -0.139. The van der Waals surface area contributed by atoms with E-state index in [2.05, 4.69) is 57.2 Å². The predicted molar refractivity (Wildman–Crippen MR) is 369 cm³/mol. The van der Waals surface area contributed by atoms with Crippen LogP contribution in [-0.4, -0.2) is 209 Å². The normalized spacial score (nSPS) is 19.3. The highest BCUT2D eigenvalue weighted by atomic mass is 32.2. The minimum absolute atomic E-state index is 0.00324. The molecule has 31 heteroatoms. The Kier molecular flexibility index (Phi) is 25.1. The second-order valence-electron chi connectivity index (χ2n) is 27.9. The fourth-order valence-corrected chi connectivity index (χ4v) is 15.0. The van der Waals surface area contributed by atoms with Gasteiger partial charge in [0.15, 0.2) is 17.7 Å². The van der Waals surface area contributed by atoms with Crippen molar-refractivity contribution in [3.63, 3.8) is 0 Å². The molecule has 5 aromatic rings. The van der Waals surface area contributed by atoms with Crippen molar-refractivity contribution in [2.24, 2.45) is 0 Å². The highest BCUT2D eigenvalue weighted by molar-refractivity contribution is 7.88. The minimum Gasteiger partial charge on any atom is -0.744 e. The van der Waals surface area contributed by atoms with Crippen LogP contribution in [-0.2, 0) is 83.8 Å². The number of nitrogens with zero attached hydrogens (tertiary/aromatic N) is 6. The Labute approximate surface area is 583 Å². The molecule has 0 unspecified atom stereocenters. The maximum absolute atomic E-state index is 13.0. The van der Waals surface area contributed by atoms with E-state index in [9.17, 15) is 46.0 Å². The largest absolute Gasteiger partial charge is 0.744 e. The molecule has 2 amide bonds. The zero-order valence-corrected chi connectivity index (χ0v) is 59.8. The summed E-state index contributed by atoms with van der Waals surface area (Å²) in [7, 11) is -7.87. The van der Waals surface area contributed by atoms with E-state index in [0.29, 0.717) is 88.8 Å². The first-order chi connectivity index (χ1) is 47.6. The average molecular weight is 1430 g/mol. The number of imidazole rings is 1. The monoisotopic (exact) mass is 1430 g/mol. The molecule has 0 aliphatic carbocycles. The zero-order chi connectivity index (χ0) is 71.5. The second kappa shape index (κ2) is 33.3. The van der Waals surface area contributed by atoms with Crippen LogP contribution in [0.25, 0.3) is 16.7 Å². The number of ether oxygens (including phenoxy) is 8. The third-order valence-electron chi connectivity index (χ3n) is 17.9. The van der Waals surface area contributed by atoms with Crippen LogP contribution in [0.3, 0.4) is 0 Å². The summed E-state index contributed by atoms with van der Waals surface area (Å²) in [5, 5.41) is 32.3. The fourth-order valence-electron chi connectivity index (χ4n) is 13.8. The Morgan fingerprint density at radius 2 is 1.42 bits per heavy atom. The third kappa shape index (κ3) is 19.5. The van der Waals surface area contributed by atoms with Gasteiger partial charge in [-0.3, -0.25) is 4.57 Å². The number of hydrogen-bond donors (Lipinski definition) is 7. The first-order valence-electron chi connectivity index (χ1n) is 34.6. The Morgan fingerprint density at radius 3 is 2.11 bits per heavy atom. The number of alkyl carbamates (subject to hydrolysis) is 2. The van der Waals surface area contributed by atoms with E-state index >= 15 is 0 Å². The molecule has 0 radical (unpaired) electrons. The van der Waals surface area contributed by atoms with Crippen LogP contribution in [0, 0.1) is 0 Å². The van der Waals surface area contributed by atoms with Crippen LogP contribution < -0.4 is 51.2 Å². The summed E-state index contributed by atoms with van der Waals surface area (Å²) in [6.45, 7) is 18.4. The number of aryl methyl sites for hydroxylation is 2. The molecule has 0 spiro atoms. The standard InChI is InChI=1S/C38H67N9O14S.C31H30N2O4S/c1-37(2,3)60-35(51)45-25(10-11-26(34(49)50)46-36(52)61-38(4,5)6)22-27-29(48)30(33(59-27)47-24-43-28-31(39)41-23-42-32(28)47)58-17-14-40-12-8-15-55-18-20-57-21-19-56-16-9-13-44-62(7,53)54;34-38(35,36)26-12-2-1-9-21(26)27-24-17-19-7-3-13-32-15-5-10-22(28(19)32)30(24)37-31-23-11-6-16-33-14-4-8-20(29(23)33)18-25(27)31/h23-27,29-30,33,40,44,48H,8-22H2,1-7H3,(H,45,51)(H,46,52)(H,49,50)(H2,39,41,42);1-2,9,12,17-18H,3-8,10-11,13-16H2/t25-,26-,27+,29+,30+,33+;/m0./s1. The van der Waals surface area contributed by atoms with Crippen LogP contribution in [0.15, 0.2) is 53.9 Å². The molecule has 6 atom stereocenters. The van der Waals surface area contributed by atoms with Gasteiger partial charge in [-0.1, -0.05) is 18.2 Å².